The van der Waals surface area contributed by atoms with Crippen LogP contribution in [0.5, 0.6) is 0 Å². The Morgan fingerprint density at radius 3 is 2.27 bits per heavy atom. The Labute approximate surface area is 194 Å². The van der Waals surface area contributed by atoms with Crippen LogP contribution in [0.4, 0.5) is 11.4 Å². The van der Waals surface area contributed by atoms with E-state index in [0.717, 1.165) is 16.7 Å². The van der Waals surface area contributed by atoms with Gasteiger partial charge >= 0.3 is 5.97 Å². The summed E-state index contributed by atoms with van der Waals surface area (Å²) in [6, 6.07) is 22.2. The van der Waals surface area contributed by atoms with Crippen LogP contribution in [0, 0.1) is 13.8 Å². The van der Waals surface area contributed by atoms with Gasteiger partial charge in [0.1, 0.15) is 0 Å². The third kappa shape index (κ3) is 7.31. The highest BCUT2D eigenvalue weighted by molar-refractivity contribution is 6.10. The van der Waals surface area contributed by atoms with E-state index in [-0.39, 0.29) is 31.3 Å². The van der Waals surface area contributed by atoms with Crippen molar-refractivity contribution in [2.24, 2.45) is 0 Å². The predicted octanol–water partition coefficient (Wildman–Crippen LogP) is 5.06. The van der Waals surface area contributed by atoms with E-state index in [4.69, 9.17) is 4.74 Å². The molecule has 0 aromatic heterocycles. The zero-order chi connectivity index (χ0) is 23.6. The first-order valence-corrected chi connectivity index (χ1v) is 10.9. The number of benzene rings is 3. The van der Waals surface area contributed by atoms with Crippen molar-refractivity contribution in [3.8, 4) is 0 Å². The second-order valence-corrected chi connectivity index (χ2v) is 7.80. The van der Waals surface area contributed by atoms with Gasteiger partial charge < -0.3 is 15.4 Å². The summed E-state index contributed by atoms with van der Waals surface area (Å²) in [5.41, 5.74) is 4.71. The van der Waals surface area contributed by atoms with Gasteiger partial charge in [-0.1, -0.05) is 48.5 Å². The second kappa shape index (κ2) is 11.6. The molecule has 2 amide bonds. The largest absolute Gasteiger partial charge is 0.465 e. The molecule has 3 aromatic rings. The molecule has 33 heavy (non-hydrogen) atoms. The Morgan fingerprint density at radius 1 is 0.788 bits per heavy atom. The molecule has 0 aliphatic carbocycles. The minimum absolute atomic E-state index is 0.0301. The first kappa shape index (κ1) is 23.7. The van der Waals surface area contributed by atoms with Crippen molar-refractivity contribution in [3.05, 3.63) is 95.1 Å². The molecule has 0 bridgehead atoms. The maximum absolute atomic E-state index is 12.8. The first-order valence-electron chi connectivity index (χ1n) is 10.9. The van der Waals surface area contributed by atoms with Crippen molar-refractivity contribution in [2.75, 3.05) is 17.2 Å². The van der Waals surface area contributed by atoms with E-state index < -0.39 is 5.97 Å². The molecule has 3 aromatic carbocycles. The van der Waals surface area contributed by atoms with Crippen LogP contribution in [-0.4, -0.2) is 24.4 Å². The molecule has 0 spiro atoms. The monoisotopic (exact) mass is 444 g/mol. The van der Waals surface area contributed by atoms with E-state index in [1.807, 2.05) is 62.4 Å². The van der Waals surface area contributed by atoms with Crippen molar-refractivity contribution >= 4 is 29.2 Å². The van der Waals surface area contributed by atoms with Gasteiger partial charge in [0.05, 0.1) is 24.3 Å². The van der Waals surface area contributed by atoms with Crippen molar-refractivity contribution in [1.82, 2.24) is 0 Å². The van der Waals surface area contributed by atoms with Gasteiger partial charge in [0.15, 0.2) is 0 Å². The summed E-state index contributed by atoms with van der Waals surface area (Å²) in [5.74, 6) is -1.11. The summed E-state index contributed by atoms with van der Waals surface area (Å²) < 4.78 is 5.21. The molecule has 0 atom stereocenters. The Hall–Kier alpha value is -3.93. The lowest BCUT2D eigenvalue weighted by Gasteiger charge is -2.12. The number of aryl methyl sites for hydroxylation is 2. The molecule has 0 saturated carbocycles. The van der Waals surface area contributed by atoms with E-state index >= 15 is 0 Å². The minimum Gasteiger partial charge on any atom is -0.465 e. The molecular weight excluding hydrogens is 416 g/mol. The van der Waals surface area contributed by atoms with Crippen LogP contribution in [0.1, 0.15) is 39.9 Å². The summed E-state index contributed by atoms with van der Waals surface area (Å²) in [6.45, 7) is 4.25. The van der Waals surface area contributed by atoms with Gasteiger partial charge in [0.25, 0.3) is 5.91 Å². The quantitative estimate of drug-likeness (QED) is 0.452. The number of amides is 2. The molecule has 0 aliphatic rings. The lowest BCUT2D eigenvalue weighted by molar-refractivity contribution is -0.144. The van der Waals surface area contributed by atoms with Gasteiger partial charge in [-0.2, -0.15) is 0 Å². The SMILES string of the molecule is Cc1ccc(NC(=O)c2ccccc2NC(=O)CCC(=O)OCCc2ccccc2)cc1C. The topological polar surface area (TPSA) is 84.5 Å². The third-order valence-electron chi connectivity index (χ3n) is 5.26. The van der Waals surface area contributed by atoms with Gasteiger partial charge in [-0.25, -0.2) is 0 Å². The summed E-state index contributed by atoms with van der Waals surface area (Å²) in [5, 5.41) is 5.59. The van der Waals surface area contributed by atoms with Crippen LogP contribution in [0.3, 0.4) is 0 Å². The van der Waals surface area contributed by atoms with Crippen LogP contribution >= 0.6 is 0 Å². The van der Waals surface area contributed by atoms with E-state index in [1.54, 1.807) is 24.3 Å². The van der Waals surface area contributed by atoms with Crippen LogP contribution in [0.2, 0.25) is 0 Å². The number of esters is 1. The average molecular weight is 445 g/mol. The number of para-hydroxylation sites is 1. The molecule has 0 saturated heterocycles. The van der Waals surface area contributed by atoms with Gasteiger partial charge in [-0.05, 0) is 54.8 Å². The lowest BCUT2D eigenvalue weighted by Crippen LogP contribution is -2.19. The standard InChI is InChI=1S/C27H28N2O4/c1-19-12-13-22(18-20(19)2)28-27(32)23-10-6-7-11-24(23)29-25(30)14-15-26(31)33-17-16-21-8-4-3-5-9-21/h3-13,18H,14-17H2,1-2H3,(H,28,32)(H,29,30). The highest BCUT2D eigenvalue weighted by Crippen LogP contribution is 2.19. The number of hydrogen-bond donors (Lipinski definition) is 2. The second-order valence-electron chi connectivity index (χ2n) is 7.80. The molecule has 0 fully saturated rings. The van der Waals surface area contributed by atoms with E-state index in [0.29, 0.717) is 23.4 Å². The highest BCUT2D eigenvalue weighted by Gasteiger charge is 2.15. The molecule has 170 valence electrons. The Kier molecular flexibility index (Phi) is 8.36. The van der Waals surface area contributed by atoms with Gasteiger partial charge in [-0.3, -0.25) is 14.4 Å². The number of hydrogen-bond acceptors (Lipinski definition) is 4. The fourth-order valence-electron chi connectivity index (χ4n) is 3.24. The van der Waals surface area contributed by atoms with Crippen molar-refractivity contribution < 1.29 is 19.1 Å². The zero-order valence-electron chi connectivity index (χ0n) is 18.9. The van der Waals surface area contributed by atoms with Crippen LogP contribution in [0.15, 0.2) is 72.8 Å². The van der Waals surface area contributed by atoms with E-state index in [1.165, 1.54) is 0 Å². The predicted molar refractivity (Wildman–Crippen MR) is 129 cm³/mol. The normalized spacial score (nSPS) is 10.4. The van der Waals surface area contributed by atoms with Crippen molar-refractivity contribution in [1.29, 1.82) is 0 Å². The maximum atomic E-state index is 12.8. The number of nitrogens with one attached hydrogen (secondary N) is 2. The molecule has 0 unspecified atom stereocenters. The number of ether oxygens (including phenoxy) is 1. The van der Waals surface area contributed by atoms with Crippen molar-refractivity contribution in [2.45, 2.75) is 33.1 Å². The summed E-state index contributed by atoms with van der Waals surface area (Å²) in [7, 11) is 0. The van der Waals surface area contributed by atoms with Crippen molar-refractivity contribution in [3.63, 3.8) is 0 Å². The number of rotatable bonds is 9. The minimum atomic E-state index is -0.429. The number of anilines is 2. The highest BCUT2D eigenvalue weighted by atomic mass is 16.5. The van der Waals surface area contributed by atoms with Gasteiger partial charge in [-0.15, -0.1) is 0 Å². The fraction of sp³-hybridized carbons (Fsp3) is 0.222. The summed E-state index contributed by atoms with van der Waals surface area (Å²) in [4.78, 5) is 37.1. The van der Waals surface area contributed by atoms with Crippen LogP contribution in [0.25, 0.3) is 0 Å². The fourth-order valence-corrected chi connectivity index (χ4v) is 3.24. The van der Waals surface area contributed by atoms with Crippen LogP contribution in [-0.2, 0) is 20.7 Å². The Morgan fingerprint density at radius 2 is 1.52 bits per heavy atom. The van der Waals surface area contributed by atoms with E-state index in [9.17, 15) is 14.4 Å². The Balaban J connectivity index is 1.50. The summed E-state index contributed by atoms with van der Waals surface area (Å²) >= 11 is 0. The molecule has 0 radical (unpaired) electrons. The lowest BCUT2D eigenvalue weighted by atomic mass is 10.1. The molecule has 6 nitrogen and oxygen atoms in total. The molecule has 3 rings (SSSR count). The summed E-state index contributed by atoms with van der Waals surface area (Å²) in [6.07, 6.45) is 0.566. The average Bonchev–Trinajstić information content (AvgIpc) is 2.81. The first-order chi connectivity index (χ1) is 15.9. The third-order valence-corrected chi connectivity index (χ3v) is 5.26. The smallest absolute Gasteiger partial charge is 0.306 e. The van der Waals surface area contributed by atoms with E-state index in [2.05, 4.69) is 10.6 Å². The van der Waals surface area contributed by atoms with Crippen LogP contribution < -0.4 is 10.6 Å². The molecule has 0 aliphatic heterocycles. The molecule has 0 heterocycles. The number of carbonyl (C=O) groups excluding carboxylic acids is 3. The maximum Gasteiger partial charge on any atom is 0.306 e. The van der Waals surface area contributed by atoms with Gasteiger partial charge in [0, 0.05) is 18.5 Å². The molecule has 6 heteroatoms. The van der Waals surface area contributed by atoms with Gasteiger partial charge in [0.2, 0.25) is 5.91 Å². The molecule has 2 N–H and O–H groups in total. The molecular formula is C27H28N2O4. The zero-order valence-corrected chi connectivity index (χ0v) is 18.9. The number of carbonyl (C=O) groups is 3. The Bertz CT molecular complexity index is 1130.